The van der Waals surface area contributed by atoms with E-state index in [1.807, 2.05) is 11.7 Å². The lowest BCUT2D eigenvalue weighted by Crippen LogP contribution is -2.24. The van der Waals surface area contributed by atoms with Gasteiger partial charge in [-0.25, -0.2) is 0 Å². The van der Waals surface area contributed by atoms with E-state index in [1.54, 1.807) is 0 Å². The monoisotopic (exact) mass is 293 g/mol. The number of aromatic nitrogens is 2. The minimum Gasteiger partial charge on any atom is -0.271 e. The Morgan fingerprint density at radius 3 is 2.35 bits per heavy atom. The normalized spacial score (nSPS) is 19.1. The molecule has 1 aromatic heterocycles. The Morgan fingerprint density at radius 2 is 1.85 bits per heavy atom. The van der Waals surface area contributed by atoms with Crippen molar-refractivity contribution in [3.63, 3.8) is 0 Å². The molecule has 0 aromatic carbocycles. The van der Waals surface area contributed by atoms with Crippen LogP contribution in [0.3, 0.4) is 0 Å². The summed E-state index contributed by atoms with van der Waals surface area (Å²) in [5, 5.41) is 15.0. The molecule has 110 valence electrons. The van der Waals surface area contributed by atoms with Gasteiger partial charge in [-0.05, 0) is 19.3 Å². The maximum atomic E-state index is 9.74. The smallest absolute Gasteiger partial charge is 0.0850 e. The fourth-order valence-electron chi connectivity index (χ4n) is 3.24. The molecule has 0 saturated heterocycles. The van der Waals surface area contributed by atoms with Gasteiger partial charge in [0.15, 0.2) is 0 Å². The Labute approximate surface area is 126 Å². The number of nitrogens with zero attached hydrogens (tertiary/aromatic N) is 3. The van der Waals surface area contributed by atoms with Gasteiger partial charge in [-0.2, -0.15) is 10.4 Å². The Morgan fingerprint density at radius 1 is 1.25 bits per heavy atom. The second-order valence-corrected chi connectivity index (χ2v) is 6.40. The van der Waals surface area contributed by atoms with Crippen LogP contribution in [-0.4, -0.2) is 9.78 Å². The standard InChI is InChI=1S/C16H24ClN3/c1-3-13-15(17)14(20(2)19-13)11-16(12-18)9-7-5-4-6-8-10-16/h3-11H2,1-2H3. The molecule has 20 heavy (non-hydrogen) atoms. The second-order valence-electron chi connectivity index (χ2n) is 6.02. The van der Waals surface area contributed by atoms with Gasteiger partial charge < -0.3 is 0 Å². The number of hydrogen-bond acceptors (Lipinski definition) is 2. The van der Waals surface area contributed by atoms with Crippen molar-refractivity contribution in [2.75, 3.05) is 0 Å². The summed E-state index contributed by atoms with van der Waals surface area (Å²) in [5.41, 5.74) is 1.73. The molecule has 4 heteroatoms. The molecule has 1 fully saturated rings. The molecule has 1 saturated carbocycles. The van der Waals surface area contributed by atoms with Crippen molar-refractivity contribution in [2.45, 2.75) is 64.7 Å². The second kappa shape index (κ2) is 6.63. The van der Waals surface area contributed by atoms with Crippen LogP contribution in [-0.2, 0) is 19.9 Å². The van der Waals surface area contributed by atoms with Gasteiger partial charge in [-0.3, -0.25) is 4.68 Å². The molecular formula is C16H24ClN3. The molecule has 2 rings (SSSR count). The topological polar surface area (TPSA) is 41.6 Å². The summed E-state index contributed by atoms with van der Waals surface area (Å²) in [7, 11) is 1.94. The zero-order chi connectivity index (χ0) is 14.6. The number of aryl methyl sites for hydroxylation is 2. The Hall–Kier alpha value is -1.01. The first-order chi connectivity index (χ1) is 9.62. The van der Waals surface area contributed by atoms with Gasteiger partial charge in [0, 0.05) is 13.5 Å². The van der Waals surface area contributed by atoms with Crippen LogP contribution < -0.4 is 0 Å². The molecular weight excluding hydrogens is 270 g/mol. The van der Waals surface area contributed by atoms with Crippen LogP contribution in [0.2, 0.25) is 5.02 Å². The lowest BCUT2D eigenvalue weighted by molar-refractivity contribution is 0.282. The van der Waals surface area contributed by atoms with Crippen molar-refractivity contribution >= 4 is 11.6 Å². The third-order valence-corrected chi connectivity index (χ3v) is 4.99. The molecule has 1 aromatic rings. The largest absolute Gasteiger partial charge is 0.271 e. The summed E-state index contributed by atoms with van der Waals surface area (Å²) in [5.74, 6) is 0. The fraction of sp³-hybridized carbons (Fsp3) is 0.750. The summed E-state index contributed by atoms with van der Waals surface area (Å²) in [6, 6.07) is 2.62. The summed E-state index contributed by atoms with van der Waals surface area (Å²) >= 11 is 6.45. The molecule has 0 aliphatic heterocycles. The minimum absolute atomic E-state index is 0.247. The third kappa shape index (κ3) is 3.17. The van der Waals surface area contributed by atoms with E-state index < -0.39 is 0 Å². The lowest BCUT2D eigenvalue weighted by atomic mass is 9.74. The quantitative estimate of drug-likeness (QED) is 0.827. The van der Waals surface area contributed by atoms with E-state index in [-0.39, 0.29) is 5.41 Å². The maximum absolute atomic E-state index is 9.74. The highest BCUT2D eigenvalue weighted by Gasteiger charge is 2.33. The van der Waals surface area contributed by atoms with Crippen LogP contribution in [0.1, 0.15) is 63.3 Å². The number of halogens is 1. The van der Waals surface area contributed by atoms with Gasteiger partial charge in [-0.1, -0.05) is 50.6 Å². The van der Waals surface area contributed by atoms with E-state index >= 15 is 0 Å². The van der Waals surface area contributed by atoms with Gasteiger partial charge in [0.2, 0.25) is 0 Å². The SMILES string of the molecule is CCc1nn(C)c(CC2(C#N)CCCCCCC2)c1Cl. The van der Waals surface area contributed by atoms with Gasteiger partial charge in [0.25, 0.3) is 0 Å². The first-order valence-electron chi connectivity index (χ1n) is 7.73. The molecule has 0 radical (unpaired) electrons. The van der Waals surface area contributed by atoms with Crippen molar-refractivity contribution in [2.24, 2.45) is 12.5 Å². The average Bonchev–Trinajstić information content (AvgIpc) is 2.69. The van der Waals surface area contributed by atoms with Crippen LogP contribution in [0.4, 0.5) is 0 Å². The van der Waals surface area contributed by atoms with Crippen LogP contribution in [0.5, 0.6) is 0 Å². The van der Waals surface area contributed by atoms with E-state index in [2.05, 4.69) is 18.1 Å². The van der Waals surface area contributed by atoms with Crippen molar-refractivity contribution in [3.8, 4) is 6.07 Å². The summed E-state index contributed by atoms with van der Waals surface area (Å²) in [4.78, 5) is 0. The fourth-order valence-corrected chi connectivity index (χ4v) is 3.60. The van der Waals surface area contributed by atoms with Crippen molar-refractivity contribution in [3.05, 3.63) is 16.4 Å². The number of rotatable bonds is 3. The Balaban J connectivity index is 2.25. The van der Waals surface area contributed by atoms with Crippen LogP contribution >= 0.6 is 11.6 Å². The zero-order valence-electron chi connectivity index (χ0n) is 12.6. The molecule has 0 N–H and O–H groups in total. The molecule has 0 amide bonds. The van der Waals surface area contributed by atoms with Crippen molar-refractivity contribution in [1.29, 1.82) is 5.26 Å². The highest BCUT2D eigenvalue weighted by molar-refractivity contribution is 6.31. The lowest BCUT2D eigenvalue weighted by Gasteiger charge is -2.28. The number of nitriles is 1. The first kappa shape index (κ1) is 15.4. The van der Waals surface area contributed by atoms with E-state index in [0.29, 0.717) is 0 Å². The Bertz CT molecular complexity index is 491. The van der Waals surface area contributed by atoms with Gasteiger partial charge in [-0.15, -0.1) is 0 Å². The van der Waals surface area contributed by atoms with Crippen LogP contribution in [0.15, 0.2) is 0 Å². The highest BCUT2D eigenvalue weighted by atomic mass is 35.5. The van der Waals surface area contributed by atoms with E-state index in [9.17, 15) is 5.26 Å². The summed E-state index contributed by atoms with van der Waals surface area (Å²) in [6.45, 7) is 2.06. The summed E-state index contributed by atoms with van der Waals surface area (Å²) < 4.78 is 1.87. The first-order valence-corrected chi connectivity index (χ1v) is 8.11. The minimum atomic E-state index is -0.247. The molecule has 1 heterocycles. The van der Waals surface area contributed by atoms with Gasteiger partial charge in [0.05, 0.1) is 27.9 Å². The summed E-state index contributed by atoms with van der Waals surface area (Å²) in [6.07, 6.45) is 9.70. The van der Waals surface area contributed by atoms with E-state index in [1.165, 1.54) is 19.3 Å². The maximum Gasteiger partial charge on any atom is 0.0850 e. The highest BCUT2D eigenvalue weighted by Crippen LogP contribution is 2.38. The average molecular weight is 294 g/mol. The zero-order valence-corrected chi connectivity index (χ0v) is 13.3. The van der Waals surface area contributed by atoms with Crippen molar-refractivity contribution in [1.82, 2.24) is 9.78 Å². The number of hydrogen-bond donors (Lipinski definition) is 0. The van der Waals surface area contributed by atoms with E-state index in [4.69, 9.17) is 11.6 Å². The molecule has 0 bridgehead atoms. The molecule has 1 aliphatic rings. The van der Waals surface area contributed by atoms with Crippen molar-refractivity contribution < 1.29 is 0 Å². The van der Waals surface area contributed by atoms with E-state index in [0.717, 1.165) is 54.9 Å². The molecule has 3 nitrogen and oxygen atoms in total. The predicted octanol–water partition coefficient (Wildman–Crippen LogP) is 4.43. The Kier molecular flexibility index (Phi) is 5.10. The molecule has 0 unspecified atom stereocenters. The molecule has 0 spiro atoms. The van der Waals surface area contributed by atoms with Gasteiger partial charge >= 0.3 is 0 Å². The third-order valence-electron chi connectivity index (χ3n) is 4.56. The molecule has 1 aliphatic carbocycles. The predicted molar refractivity (Wildman–Crippen MR) is 81.7 cm³/mol. The molecule has 0 atom stereocenters. The van der Waals surface area contributed by atoms with Crippen LogP contribution in [0, 0.1) is 16.7 Å². The van der Waals surface area contributed by atoms with Crippen LogP contribution in [0.25, 0.3) is 0 Å². The van der Waals surface area contributed by atoms with Gasteiger partial charge in [0.1, 0.15) is 0 Å².